The number of imidazole rings is 1. The van der Waals surface area contributed by atoms with Gasteiger partial charge in [-0.2, -0.15) is 0 Å². The van der Waals surface area contributed by atoms with Crippen LogP contribution in [0.3, 0.4) is 0 Å². The van der Waals surface area contributed by atoms with Crippen molar-refractivity contribution in [1.29, 1.82) is 0 Å². The summed E-state index contributed by atoms with van der Waals surface area (Å²) >= 11 is 1.58. The number of carbonyl (C=O) groups excluding carboxylic acids is 1. The van der Waals surface area contributed by atoms with Crippen molar-refractivity contribution in [3.63, 3.8) is 0 Å². The van der Waals surface area contributed by atoms with Gasteiger partial charge in [-0.3, -0.25) is 4.79 Å². The van der Waals surface area contributed by atoms with Gasteiger partial charge in [0.25, 0.3) is 5.91 Å². The summed E-state index contributed by atoms with van der Waals surface area (Å²) < 4.78 is 7.87. The quantitative estimate of drug-likeness (QED) is 0.675. The molecule has 3 aromatic rings. The molecule has 2 aliphatic heterocycles. The van der Waals surface area contributed by atoms with Gasteiger partial charge >= 0.3 is 0 Å². The summed E-state index contributed by atoms with van der Waals surface area (Å²) in [4.78, 5) is 21.6. The molecule has 0 saturated carbocycles. The largest absolute Gasteiger partial charge is 0.496 e. The molecule has 6 heteroatoms. The highest BCUT2D eigenvalue weighted by Crippen LogP contribution is 2.44. The third-order valence-electron chi connectivity index (χ3n) is 6.02. The van der Waals surface area contributed by atoms with Crippen molar-refractivity contribution < 1.29 is 9.53 Å². The number of rotatable bonds is 3. The molecule has 0 aliphatic carbocycles. The fourth-order valence-electron chi connectivity index (χ4n) is 4.62. The van der Waals surface area contributed by atoms with E-state index in [-0.39, 0.29) is 11.3 Å². The van der Waals surface area contributed by atoms with Gasteiger partial charge in [0.05, 0.1) is 23.9 Å². The Morgan fingerprint density at radius 3 is 2.86 bits per heavy atom. The number of hydrogen-bond acceptors (Lipinski definition) is 4. The number of aryl methyl sites for hydroxylation is 1. The van der Waals surface area contributed by atoms with E-state index in [1.54, 1.807) is 18.4 Å². The van der Waals surface area contributed by atoms with Crippen molar-refractivity contribution in [2.75, 3.05) is 20.2 Å². The average molecular weight is 394 g/mol. The Balaban J connectivity index is 1.39. The minimum absolute atomic E-state index is 0.0995. The number of methoxy groups -OCH3 is 1. The summed E-state index contributed by atoms with van der Waals surface area (Å²) in [5.41, 5.74) is 2.27. The van der Waals surface area contributed by atoms with Crippen LogP contribution in [0.1, 0.15) is 26.8 Å². The van der Waals surface area contributed by atoms with E-state index in [9.17, 15) is 4.79 Å². The second kappa shape index (κ2) is 6.48. The van der Waals surface area contributed by atoms with Gasteiger partial charge in [0.15, 0.2) is 0 Å². The van der Waals surface area contributed by atoms with Crippen LogP contribution in [0.25, 0.3) is 11.3 Å². The maximum Gasteiger partial charge on any atom is 0.263 e. The first-order chi connectivity index (χ1) is 13.6. The van der Waals surface area contributed by atoms with Gasteiger partial charge in [-0.05, 0) is 37.6 Å². The molecule has 2 aromatic heterocycles. The topological polar surface area (TPSA) is 47.4 Å². The van der Waals surface area contributed by atoms with Gasteiger partial charge < -0.3 is 14.2 Å². The lowest BCUT2D eigenvalue weighted by molar-refractivity contribution is 0.0776. The van der Waals surface area contributed by atoms with Gasteiger partial charge in [-0.25, -0.2) is 4.98 Å². The molecule has 1 spiro atoms. The Kier molecular flexibility index (Phi) is 4.05. The number of ether oxygens (including phenoxy) is 1. The molecular weight excluding hydrogens is 370 g/mol. The minimum Gasteiger partial charge on any atom is -0.496 e. The maximum atomic E-state index is 12.9. The highest BCUT2D eigenvalue weighted by Gasteiger charge is 2.46. The first-order valence-electron chi connectivity index (χ1n) is 9.62. The van der Waals surface area contributed by atoms with Crippen molar-refractivity contribution in [2.45, 2.75) is 26.3 Å². The summed E-state index contributed by atoms with van der Waals surface area (Å²) in [6.45, 7) is 4.58. The van der Waals surface area contributed by atoms with Crippen molar-refractivity contribution in [2.24, 2.45) is 5.41 Å². The predicted molar refractivity (Wildman–Crippen MR) is 110 cm³/mol. The zero-order valence-electron chi connectivity index (χ0n) is 16.1. The van der Waals surface area contributed by atoms with Crippen LogP contribution in [0.4, 0.5) is 0 Å². The summed E-state index contributed by atoms with van der Waals surface area (Å²) in [5, 5.41) is 0. The summed E-state index contributed by atoms with van der Waals surface area (Å²) in [7, 11) is 1.70. The number of benzene rings is 1. The SMILES string of the molecule is COc1ccccc1-c1cnc2n1C[C@@]1(CCN(C(=O)c3ccc(C)s3)C1)C2. The van der Waals surface area contributed by atoms with Crippen LogP contribution in [0.2, 0.25) is 0 Å². The summed E-state index contributed by atoms with van der Waals surface area (Å²) in [6.07, 6.45) is 3.90. The first-order valence-corrected chi connectivity index (χ1v) is 10.4. The van der Waals surface area contributed by atoms with E-state index >= 15 is 0 Å². The monoisotopic (exact) mass is 393 g/mol. The van der Waals surface area contributed by atoms with Crippen LogP contribution in [0, 0.1) is 12.3 Å². The number of thiophene rings is 1. The van der Waals surface area contributed by atoms with Crippen molar-refractivity contribution in [3.8, 4) is 17.0 Å². The highest BCUT2D eigenvalue weighted by molar-refractivity contribution is 7.13. The first kappa shape index (κ1) is 17.5. The van der Waals surface area contributed by atoms with Crippen LogP contribution in [-0.2, 0) is 13.0 Å². The lowest BCUT2D eigenvalue weighted by Gasteiger charge is -2.23. The average Bonchev–Trinajstić information content (AvgIpc) is 3.47. The van der Waals surface area contributed by atoms with Gasteiger partial charge in [0, 0.05) is 41.9 Å². The Hall–Kier alpha value is -2.60. The Labute approximate surface area is 168 Å². The summed E-state index contributed by atoms with van der Waals surface area (Å²) in [6, 6.07) is 12.1. The third-order valence-corrected chi connectivity index (χ3v) is 7.01. The van der Waals surface area contributed by atoms with E-state index < -0.39 is 0 Å². The molecule has 0 radical (unpaired) electrons. The number of likely N-dealkylation sites (tertiary alicyclic amines) is 1. The van der Waals surface area contributed by atoms with Crippen LogP contribution >= 0.6 is 11.3 Å². The molecule has 5 rings (SSSR count). The fraction of sp³-hybridized carbons (Fsp3) is 0.364. The van der Waals surface area contributed by atoms with Gasteiger partial charge in [-0.15, -0.1) is 11.3 Å². The molecule has 1 amide bonds. The molecule has 28 heavy (non-hydrogen) atoms. The molecule has 0 bridgehead atoms. The van der Waals surface area contributed by atoms with E-state index in [0.717, 1.165) is 60.2 Å². The van der Waals surface area contributed by atoms with Gasteiger partial charge in [0.2, 0.25) is 0 Å². The summed E-state index contributed by atoms with van der Waals surface area (Å²) in [5.74, 6) is 2.15. The van der Waals surface area contributed by atoms with Crippen molar-refractivity contribution >= 4 is 17.2 Å². The standard InChI is InChI=1S/C22H23N3O2S/c1-15-7-8-19(28-15)21(26)24-10-9-22(13-24)11-20-23-12-17(25(20)14-22)16-5-3-4-6-18(16)27-2/h3-8,12H,9-11,13-14H2,1-2H3/t22-/m0/s1. The number of fused-ring (bicyclic) bond motifs is 1. The van der Waals surface area contributed by atoms with E-state index in [4.69, 9.17) is 9.72 Å². The lowest BCUT2D eigenvalue weighted by Crippen LogP contribution is -2.32. The Morgan fingerprint density at radius 2 is 2.07 bits per heavy atom. The molecule has 2 aliphatic rings. The van der Waals surface area contributed by atoms with Crippen LogP contribution in [0.15, 0.2) is 42.6 Å². The highest BCUT2D eigenvalue weighted by atomic mass is 32.1. The van der Waals surface area contributed by atoms with Crippen LogP contribution < -0.4 is 4.74 Å². The number of hydrogen-bond donors (Lipinski definition) is 0. The van der Waals surface area contributed by atoms with E-state index in [1.807, 2.05) is 48.4 Å². The molecule has 5 nitrogen and oxygen atoms in total. The number of para-hydroxylation sites is 1. The molecule has 4 heterocycles. The number of amides is 1. The molecule has 1 saturated heterocycles. The Morgan fingerprint density at radius 1 is 1.21 bits per heavy atom. The lowest BCUT2D eigenvalue weighted by atomic mass is 9.86. The van der Waals surface area contributed by atoms with E-state index in [1.165, 1.54) is 4.88 Å². The van der Waals surface area contributed by atoms with Crippen molar-refractivity contribution in [1.82, 2.24) is 14.5 Å². The molecule has 144 valence electrons. The van der Waals surface area contributed by atoms with Gasteiger partial charge in [-0.1, -0.05) is 12.1 Å². The zero-order chi connectivity index (χ0) is 19.3. The molecule has 0 unspecified atom stereocenters. The molecular formula is C22H23N3O2S. The molecule has 0 N–H and O–H groups in total. The molecule has 1 aromatic carbocycles. The molecule has 1 fully saturated rings. The second-order valence-corrected chi connectivity index (χ2v) is 9.20. The number of aromatic nitrogens is 2. The third kappa shape index (κ3) is 2.75. The zero-order valence-corrected chi connectivity index (χ0v) is 17.0. The van der Waals surface area contributed by atoms with E-state index in [2.05, 4.69) is 10.6 Å². The molecule has 1 atom stereocenters. The van der Waals surface area contributed by atoms with Crippen LogP contribution in [0.5, 0.6) is 5.75 Å². The second-order valence-electron chi connectivity index (χ2n) is 7.91. The van der Waals surface area contributed by atoms with Crippen molar-refractivity contribution in [3.05, 3.63) is 58.2 Å². The van der Waals surface area contributed by atoms with Crippen LogP contribution in [-0.4, -0.2) is 40.6 Å². The maximum absolute atomic E-state index is 12.9. The van der Waals surface area contributed by atoms with Gasteiger partial charge in [0.1, 0.15) is 11.6 Å². The minimum atomic E-state index is 0.0995. The predicted octanol–water partition coefficient (Wildman–Crippen LogP) is 4.02. The fourth-order valence-corrected chi connectivity index (χ4v) is 5.45. The normalized spacial score (nSPS) is 20.7. The number of nitrogens with zero attached hydrogens (tertiary/aromatic N) is 3. The number of carbonyl (C=O) groups is 1. The smallest absolute Gasteiger partial charge is 0.263 e. The Bertz CT molecular complexity index is 1050. The van der Waals surface area contributed by atoms with E-state index in [0.29, 0.717) is 0 Å².